The molecule has 1 aromatic carbocycles. The highest BCUT2D eigenvalue weighted by Crippen LogP contribution is 2.25. The van der Waals surface area contributed by atoms with Crippen LogP contribution >= 0.6 is 0 Å². The van der Waals surface area contributed by atoms with Crippen molar-refractivity contribution >= 4 is 22.3 Å². The maximum atomic E-state index is 13.4. The van der Waals surface area contributed by atoms with Crippen molar-refractivity contribution < 1.29 is 4.79 Å². The van der Waals surface area contributed by atoms with E-state index in [1.165, 1.54) is 5.56 Å². The molecule has 5 aromatic rings. The summed E-state index contributed by atoms with van der Waals surface area (Å²) >= 11 is 0. The number of carbonyl (C=O) groups excluding carboxylic acids is 1. The van der Waals surface area contributed by atoms with E-state index in [-0.39, 0.29) is 5.78 Å². The van der Waals surface area contributed by atoms with Crippen LogP contribution in [0.2, 0.25) is 0 Å². The predicted octanol–water partition coefficient (Wildman–Crippen LogP) is 4.27. The lowest BCUT2D eigenvalue weighted by atomic mass is 10.0. The summed E-state index contributed by atoms with van der Waals surface area (Å²) in [6, 6.07) is 16.2. The molecule has 0 aliphatic carbocycles. The van der Waals surface area contributed by atoms with Gasteiger partial charge in [0.05, 0.1) is 29.6 Å². The standard InChI is InChI=1S/C28H30N6O/c1-19-7-5-9-23(30-19)18-34-24-10-6-8-22(28(24)20(2)31-34)16-26(35)25-17-29-27-15-21(11-13-32(3)4)12-14-33(25)27/h5-10,12,14-15,17H,11,13,16,18H2,1-4H3. The van der Waals surface area contributed by atoms with Crippen molar-refractivity contribution in [2.24, 2.45) is 0 Å². The Morgan fingerprint density at radius 2 is 1.89 bits per heavy atom. The molecule has 178 valence electrons. The van der Waals surface area contributed by atoms with E-state index in [0.29, 0.717) is 18.7 Å². The van der Waals surface area contributed by atoms with Gasteiger partial charge in [0.15, 0.2) is 5.78 Å². The first kappa shape index (κ1) is 22.9. The number of rotatable bonds is 8. The Morgan fingerprint density at radius 1 is 1.06 bits per heavy atom. The third kappa shape index (κ3) is 4.72. The minimum atomic E-state index is 0.0403. The van der Waals surface area contributed by atoms with Crippen LogP contribution in [0.15, 0.2) is 60.9 Å². The number of ketones is 1. The fourth-order valence-corrected chi connectivity index (χ4v) is 4.61. The van der Waals surface area contributed by atoms with Gasteiger partial charge in [-0.05, 0) is 75.8 Å². The van der Waals surface area contributed by atoms with Crippen molar-refractivity contribution in [2.45, 2.75) is 33.2 Å². The second kappa shape index (κ2) is 9.43. The molecule has 4 aromatic heterocycles. The van der Waals surface area contributed by atoms with Gasteiger partial charge in [-0.1, -0.05) is 18.2 Å². The van der Waals surface area contributed by atoms with E-state index in [2.05, 4.69) is 47.2 Å². The highest BCUT2D eigenvalue weighted by molar-refractivity contribution is 5.99. The number of imidazole rings is 1. The molecule has 4 heterocycles. The molecular weight excluding hydrogens is 436 g/mol. The lowest BCUT2D eigenvalue weighted by molar-refractivity contribution is 0.0987. The van der Waals surface area contributed by atoms with Crippen LogP contribution in [0.1, 0.15) is 38.7 Å². The number of fused-ring (bicyclic) bond motifs is 2. The Labute approximate surface area is 205 Å². The normalized spacial score (nSPS) is 11.7. The summed E-state index contributed by atoms with van der Waals surface area (Å²) in [5.74, 6) is 0.0403. The fourth-order valence-electron chi connectivity index (χ4n) is 4.61. The van der Waals surface area contributed by atoms with Gasteiger partial charge < -0.3 is 4.90 Å². The molecule has 0 fully saturated rings. The summed E-state index contributed by atoms with van der Waals surface area (Å²) in [5, 5.41) is 5.81. The molecule has 0 N–H and O–H groups in total. The predicted molar refractivity (Wildman–Crippen MR) is 138 cm³/mol. The van der Waals surface area contributed by atoms with Crippen molar-refractivity contribution in [3.8, 4) is 0 Å². The molecule has 0 aliphatic heterocycles. The molecule has 0 amide bonds. The van der Waals surface area contributed by atoms with Crippen LogP contribution in [-0.2, 0) is 19.4 Å². The third-order valence-corrected chi connectivity index (χ3v) is 6.36. The van der Waals surface area contributed by atoms with E-state index < -0.39 is 0 Å². The SMILES string of the molecule is Cc1cccc(Cn2nc(C)c3c(CC(=O)c4cnc5cc(CCN(C)C)ccn45)cccc32)n1. The quantitative estimate of drug-likeness (QED) is 0.320. The van der Waals surface area contributed by atoms with E-state index in [1.807, 2.05) is 59.5 Å². The summed E-state index contributed by atoms with van der Waals surface area (Å²) in [5.41, 5.74) is 7.48. The van der Waals surface area contributed by atoms with Gasteiger partial charge in [-0.15, -0.1) is 0 Å². The zero-order chi connectivity index (χ0) is 24.5. The largest absolute Gasteiger partial charge is 0.309 e. The maximum absolute atomic E-state index is 13.4. The second-order valence-electron chi connectivity index (χ2n) is 9.38. The van der Waals surface area contributed by atoms with Crippen molar-refractivity contribution in [3.63, 3.8) is 0 Å². The molecule has 0 unspecified atom stereocenters. The van der Waals surface area contributed by atoms with Gasteiger partial charge in [-0.25, -0.2) is 4.98 Å². The average molecular weight is 467 g/mol. The van der Waals surface area contributed by atoms with E-state index in [0.717, 1.165) is 52.2 Å². The Hall–Kier alpha value is -3.84. The van der Waals surface area contributed by atoms with Crippen LogP contribution in [0, 0.1) is 13.8 Å². The molecule has 0 bridgehead atoms. The van der Waals surface area contributed by atoms with Crippen molar-refractivity contribution in [2.75, 3.05) is 20.6 Å². The molecule has 7 heteroatoms. The van der Waals surface area contributed by atoms with Crippen molar-refractivity contribution in [1.82, 2.24) is 29.0 Å². The smallest absolute Gasteiger partial charge is 0.185 e. The number of aromatic nitrogens is 5. The van der Waals surface area contributed by atoms with Gasteiger partial charge in [0.2, 0.25) is 0 Å². The fraction of sp³-hybridized carbons (Fsp3) is 0.286. The molecule has 0 atom stereocenters. The maximum Gasteiger partial charge on any atom is 0.185 e. The molecule has 0 spiro atoms. The third-order valence-electron chi connectivity index (χ3n) is 6.36. The van der Waals surface area contributed by atoms with Gasteiger partial charge in [0.25, 0.3) is 0 Å². The van der Waals surface area contributed by atoms with E-state index in [9.17, 15) is 4.79 Å². The molecular formula is C28H30N6O. The topological polar surface area (TPSA) is 68.3 Å². The monoisotopic (exact) mass is 466 g/mol. The van der Waals surface area contributed by atoms with Gasteiger partial charge in [-0.2, -0.15) is 5.10 Å². The Bertz CT molecular complexity index is 1530. The number of hydrogen-bond donors (Lipinski definition) is 0. The highest BCUT2D eigenvalue weighted by Gasteiger charge is 2.18. The van der Waals surface area contributed by atoms with E-state index in [4.69, 9.17) is 5.10 Å². The summed E-state index contributed by atoms with van der Waals surface area (Å²) in [7, 11) is 4.13. The van der Waals surface area contributed by atoms with E-state index in [1.54, 1.807) is 6.20 Å². The number of aryl methyl sites for hydroxylation is 2. The molecule has 0 radical (unpaired) electrons. The van der Waals surface area contributed by atoms with Gasteiger partial charge >= 0.3 is 0 Å². The minimum absolute atomic E-state index is 0.0403. The van der Waals surface area contributed by atoms with Crippen LogP contribution in [-0.4, -0.2) is 55.5 Å². The number of carbonyl (C=O) groups is 1. The lowest BCUT2D eigenvalue weighted by Crippen LogP contribution is -2.15. The Kier molecular flexibility index (Phi) is 6.17. The Balaban J connectivity index is 1.42. The lowest BCUT2D eigenvalue weighted by Gasteiger charge is -2.09. The minimum Gasteiger partial charge on any atom is -0.309 e. The van der Waals surface area contributed by atoms with Crippen LogP contribution in [0.25, 0.3) is 16.6 Å². The zero-order valence-electron chi connectivity index (χ0n) is 20.7. The molecule has 35 heavy (non-hydrogen) atoms. The molecule has 0 saturated carbocycles. The number of likely N-dealkylation sites (N-methyl/N-ethyl adjacent to an activating group) is 1. The summed E-state index contributed by atoms with van der Waals surface area (Å²) < 4.78 is 3.87. The number of Topliss-reactive ketones (excluding diaryl/α,β-unsaturated/α-hetero) is 1. The first-order valence-electron chi connectivity index (χ1n) is 11.9. The van der Waals surface area contributed by atoms with Crippen molar-refractivity contribution in [3.05, 3.63) is 94.8 Å². The first-order chi connectivity index (χ1) is 16.9. The van der Waals surface area contributed by atoms with Crippen molar-refractivity contribution in [1.29, 1.82) is 0 Å². The van der Waals surface area contributed by atoms with Crippen LogP contribution in [0.5, 0.6) is 0 Å². The molecule has 0 saturated heterocycles. The average Bonchev–Trinajstić information content (AvgIpc) is 3.39. The molecule has 5 rings (SSSR count). The van der Waals surface area contributed by atoms with Gasteiger partial charge in [0, 0.05) is 30.2 Å². The number of nitrogens with zero attached hydrogens (tertiary/aromatic N) is 6. The molecule has 0 aliphatic rings. The second-order valence-corrected chi connectivity index (χ2v) is 9.38. The van der Waals surface area contributed by atoms with Gasteiger partial charge in [0.1, 0.15) is 11.3 Å². The summed E-state index contributed by atoms with van der Waals surface area (Å²) in [6.07, 6.45) is 4.89. The highest BCUT2D eigenvalue weighted by atomic mass is 16.1. The van der Waals surface area contributed by atoms with Crippen LogP contribution in [0.3, 0.4) is 0 Å². The number of hydrogen-bond acceptors (Lipinski definition) is 5. The number of benzene rings is 1. The Morgan fingerprint density at radius 3 is 2.69 bits per heavy atom. The summed E-state index contributed by atoms with van der Waals surface area (Å²) in [4.78, 5) is 24.7. The van der Waals surface area contributed by atoms with E-state index >= 15 is 0 Å². The first-order valence-corrected chi connectivity index (χ1v) is 11.9. The zero-order valence-corrected chi connectivity index (χ0v) is 20.7. The number of pyridine rings is 2. The summed E-state index contributed by atoms with van der Waals surface area (Å²) in [6.45, 7) is 5.55. The van der Waals surface area contributed by atoms with Crippen LogP contribution in [0.4, 0.5) is 0 Å². The van der Waals surface area contributed by atoms with Gasteiger partial charge in [-0.3, -0.25) is 18.9 Å². The van der Waals surface area contributed by atoms with Crippen LogP contribution < -0.4 is 0 Å². The molecule has 7 nitrogen and oxygen atoms in total.